The standard InChI is InChI=1S/C20H19NO8/c1-11-5-4-6-15(17(11)23)20(26)29-10-16(22)21-14-8-12(18(24)27-2)7-13(9-14)19(25)28-3/h4-9,23H,10H2,1-3H3,(H,21,22). The van der Waals surface area contributed by atoms with Crippen LogP contribution in [0.1, 0.15) is 36.6 Å². The highest BCUT2D eigenvalue weighted by Crippen LogP contribution is 2.22. The van der Waals surface area contributed by atoms with Crippen molar-refractivity contribution in [1.82, 2.24) is 0 Å². The van der Waals surface area contributed by atoms with Crippen LogP contribution in [-0.4, -0.2) is 49.7 Å². The minimum atomic E-state index is -0.875. The Balaban J connectivity index is 2.11. The Bertz CT molecular complexity index is 933. The second-order valence-corrected chi connectivity index (χ2v) is 5.88. The van der Waals surface area contributed by atoms with Crippen LogP contribution in [0.2, 0.25) is 0 Å². The number of aromatic hydroxyl groups is 1. The molecule has 0 atom stereocenters. The molecule has 0 fully saturated rings. The second-order valence-electron chi connectivity index (χ2n) is 5.88. The average molecular weight is 401 g/mol. The van der Waals surface area contributed by atoms with Gasteiger partial charge < -0.3 is 24.6 Å². The highest BCUT2D eigenvalue weighted by Gasteiger charge is 2.17. The summed E-state index contributed by atoms with van der Waals surface area (Å²) in [5, 5.41) is 12.3. The topological polar surface area (TPSA) is 128 Å². The Morgan fingerprint density at radius 3 is 2.07 bits per heavy atom. The van der Waals surface area contributed by atoms with Crippen molar-refractivity contribution < 1.29 is 38.5 Å². The van der Waals surface area contributed by atoms with E-state index in [1.807, 2.05) is 0 Å². The van der Waals surface area contributed by atoms with Crippen molar-refractivity contribution in [2.45, 2.75) is 6.92 Å². The lowest BCUT2D eigenvalue weighted by Crippen LogP contribution is -2.21. The molecule has 29 heavy (non-hydrogen) atoms. The van der Waals surface area contributed by atoms with Gasteiger partial charge in [0.05, 0.1) is 25.3 Å². The molecule has 2 rings (SSSR count). The van der Waals surface area contributed by atoms with E-state index in [9.17, 15) is 24.3 Å². The summed E-state index contributed by atoms with van der Waals surface area (Å²) in [5.74, 6) is -3.25. The monoisotopic (exact) mass is 401 g/mol. The number of hydrogen-bond acceptors (Lipinski definition) is 8. The first kappa shape index (κ1) is 21.4. The summed E-state index contributed by atoms with van der Waals surface area (Å²) in [6.07, 6.45) is 0. The first-order chi connectivity index (χ1) is 13.8. The summed E-state index contributed by atoms with van der Waals surface area (Å²) in [5.41, 5.74) is 0.560. The number of para-hydroxylation sites is 1. The number of anilines is 1. The number of benzene rings is 2. The molecule has 0 aliphatic carbocycles. The summed E-state index contributed by atoms with van der Waals surface area (Å²) in [7, 11) is 2.34. The van der Waals surface area contributed by atoms with Crippen molar-refractivity contribution in [3.8, 4) is 5.75 Å². The molecule has 152 valence electrons. The Kier molecular flexibility index (Phi) is 6.91. The van der Waals surface area contributed by atoms with Crippen LogP contribution in [-0.2, 0) is 19.0 Å². The fourth-order valence-electron chi connectivity index (χ4n) is 2.40. The number of nitrogens with one attached hydrogen (secondary N) is 1. The number of methoxy groups -OCH3 is 2. The molecule has 0 aliphatic heterocycles. The molecule has 0 radical (unpaired) electrons. The molecule has 0 heterocycles. The van der Waals surface area contributed by atoms with Gasteiger partial charge in [-0.05, 0) is 36.8 Å². The van der Waals surface area contributed by atoms with E-state index in [-0.39, 0.29) is 28.1 Å². The maximum absolute atomic E-state index is 12.1. The molecule has 9 heteroatoms. The van der Waals surface area contributed by atoms with Crippen LogP contribution in [0.5, 0.6) is 5.75 Å². The lowest BCUT2D eigenvalue weighted by atomic mass is 10.1. The van der Waals surface area contributed by atoms with Crippen LogP contribution in [0.4, 0.5) is 5.69 Å². The van der Waals surface area contributed by atoms with Gasteiger partial charge in [0.1, 0.15) is 11.3 Å². The van der Waals surface area contributed by atoms with Crippen LogP contribution in [0.15, 0.2) is 36.4 Å². The number of phenolic OH excluding ortho intramolecular Hbond substituents is 1. The Morgan fingerprint density at radius 2 is 1.52 bits per heavy atom. The quantitative estimate of drug-likeness (QED) is 0.556. The van der Waals surface area contributed by atoms with Crippen molar-refractivity contribution >= 4 is 29.5 Å². The SMILES string of the molecule is COC(=O)c1cc(NC(=O)COC(=O)c2cccc(C)c2O)cc(C(=O)OC)c1. The Morgan fingerprint density at radius 1 is 0.931 bits per heavy atom. The fraction of sp³-hybridized carbons (Fsp3) is 0.200. The number of esters is 3. The summed E-state index contributed by atoms with van der Waals surface area (Å²) in [6.45, 7) is 0.967. The molecule has 0 unspecified atom stereocenters. The molecule has 2 N–H and O–H groups in total. The normalized spacial score (nSPS) is 10.0. The number of rotatable bonds is 6. The van der Waals surface area contributed by atoms with Crippen molar-refractivity contribution in [3.05, 3.63) is 58.7 Å². The summed E-state index contributed by atoms with van der Waals surface area (Å²) in [6, 6.07) is 8.40. The third kappa shape index (κ3) is 5.32. The minimum Gasteiger partial charge on any atom is -0.507 e. The molecule has 2 aromatic rings. The third-order valence-electron chi connectivity index (χ3n) is 3.85. The molecule has 0 saturated carbocycles. The zero-order chi connectivity index (χ0) is 21.6. The number of amides is 1. The Labute approximate surface area is 166 Å². The maximum atomic E-state index is 12.1. The van der Waals surface area contributed by atoms with Crippen LogP contribution in [0.3, 0.4) is 0 Å². The van der Waals surface area contributed by atoms with Crippen LogP contribution in [0.25, 0.3) is 0 Å². The molecule has 0 aromatic heterocycles. The van der Waals surface area contributed by atoms with Gasteiger partial charge in [0.2, 0.25) is 0 Å². The largest absolute Gasteiger partial charge is 0.507 e. The Hall–Kier alpha value is -3.88. The number of aryl methyl sites for hydroxylation is 1. The van der Waals surface area contributed by atoms with Gasteiger partial charge in [-0.1, -0.05) is 12.1 Å². The first-order valence-corrected chi connectivity index (χ1v) is 8.34. The van der Waals surface area contributed by atoms with Gasteiger partial charge in [0.25, 0.3) is 5.91 Å². The van der Waals surface area contributed by atoms with Gasteiger partial charge in [-0.2, -0.15) is 0 Å². The predicted octanol–water partition coefficient (Wildman–Crippen LogP) is 2.07. The van der Waals surface area contributed by atoms with Crippen LogP contribution >= 0.6 is 0 Å². The van der Waals surface area contributed by atoms with Gasteiger partial charge in [-0.3, -0.25) is 4.79 Å². The smallest absolute Gasteiger partial charge is 0.342 e. The summed E-state index contributed by atoms with van der Waals surface area (Å²) >= 11 is 0. The van der Waals surface area contributed by atoms with Crippen molar-refractivity contribution in [2.24, 2.45) is 0 Å². The number of phenols is 1. The van der Waals surface area contributed by atoms with E-state index in [0.717, 1.165) is 0 Å². The number of carbonyl (C=O) groups excluding carboxylic acids is 4. The van der Waals surface area contributed by atoms with Gasteiger partial charge in [0, 0.05) is 5.69 Å². The lowest BCUT2D eigenvalue weighted by molar-refractivity contribution is -0.119. The molecule has 1 amide bonds. The van der Waals surface area contributed by atoms with E-state index in [0.29, 0.717) is 5.56 Å². The zero-order valence-corrected chi connectivity index (χ0v) is 16.0. The lowest BCUT2D eigenvalue weighted by Gasteiger charge is -2.10. The molecule has 0 spiro atoms. The molecule has 0 saturated heterocycles. The number of carbonyl (C=O) groups is 4. The molecular weight excluding hydrogens is 382 g/mol. The minimum absolute atomic E-state index is 0.0207. The average Bonchev–Trinajstić information content (AvgIpc) is 2.72. The maximum Gasteiger partial charge on any atom is 0.342 e. The van der Waals surface area contributed by atoms with E-state index in [1.165, 1.54) is 38.5 Å². The molecule has 2 aromatic carbocycles. The summed E-state index contributed by atoms with van der Waals surface area (Å²) in [4.78, 5) is 47.7. The first-order valence-electron chi connectivity index (χ1n) is 8.34. The predicted molar refractivity (Wildman–Crippen MR) is 101 cm³/mol. The van der Waals surface area contributed by atoms with E-state index >= 15 is 0 Å². The highest BCUT2D eigenvalue weighted by atomic mass is 16.5. The molecule has 9 nitrogen and oxygen atoms in total. The van der Waals surface area contributed by atoms with Crippen LogP contribution in [0, 0.1) is 6.92 Å². The van der Waals surface area contributed by atoms with E-state index in [2.05, 4.69) is 14.8 Å². The van der Waals surface area contributed by atoms with E-state index < -0.39 is 30.4 Å². The van der Waals surface area contributed by atoms with Crippen molar-refractivity contribution in [1.29, 1.82) is 0 Å². The van der Waals surface area contributed by atoms with Gasteiger partial charge in [-0.25, -0.2) is 14.4 Å². The van der Waals surface area contributed by atoms with Gasteiger partial charge >= 0.3 is 17.9 Å². The van der Waals surface area contributed by atoms with E-state index in [4.69, 9.17) is 4.74 Å². The van der Waals surface area contributed by atoms with Gasteiger partial charge in [0.15, 0.2) is 6.61 Å². The molecule has 0 aliphatic rings. The van der Waals surface area contributed by atoms with Crippen molar-refractivity contribution in [3.63, 3.8) is 0 Å². The highest BCUT2D eigenvalue weighted by molar-refractivity contribution is 6.00. The second kappa shape index (κ2) is 9.36. The number of ether oxygens (including phenoxy) is 3. The number of hydrogen-bond donors (Lipinski definition) is 2. The van der Waals surface area contributed by atoms with E-state index in [1.54, 1.807) is 19.1 Å². The van der Waals surface area contributed by atoms with Crippen molar-refractivity contribution in [2.75, 3.05) is 26.1 Å². The van der Waals surface area contributed by atoms with Crippen LogP contribution < -0.4 is 5.32 Å². The summed E-state index contributed by atoms with van der Waals surface area (Å²) < 4.78 is 14.1. The third-order valence-corrected chi connectivity index (χ3v) is 3.85. The molecular formula is C20H19NO8. The van der Waals surface area contributed by atoms with Gasteiger partial charge in [-0.15, -0.1) is 0 Å². The zero-order valence-electron chi connectivity index (χ0n) is 16.0. The molecule has 0 bridgehead atoms. The fourth-order valence-corrected chi connectivity index (χ4v) is 2.40.